The Kier molecular flexibility index (Phi) is 4.75. The minimum absolute atomic E-state index is 0.0345. The van der Waals surface area contributed by atoms with Gasteiger partial charge < -0.3 is 10.4 Å². The first kappa shape index (κ1) is 17.0. The maximum absolute atomic E-state index is 12.3. The standard InChI is InChI=1S/C16H18ClN3O3/c1-10-13(14(21)18-9-16(2,3)15(22)23)8-19-20(10)12-6-4-11(17)5-7-12/h4-8H,9H2,1-3H3,(H,18,21)(H,22,23). The van der Waals surface area contributed by atoms with Crippen molar-refractivity contribution in [3.63, 3.8) is 0 Å². The molecule has 0 atom stereocenters. The molecular formula is C16H18ClN3O3. The van der Waals surface area contributed by atoms with Gasteiger partial charge in [0.25, 0.3) is 5.91 Å². The molecule has 0 bridgehead atoms. The number of amides is 1. The van der Waals surface area contributed by atoms with Crippen molar-refractivity contribution >= 4 is 23.5 Å². The molecule has 1 aromatic heterocycles. The quantitative estimate of drug-likeness (QED) is 0.879. The first-order valence-electron chi connectivity index (χ1n) is 7.04. The van der Waals surface area contributed by atoms with E-state index >= 15 is 0 Å². The largest absolute Gasteiger partial charge is 0.481 e. The van der Waals surface area contributed by atoms with Crippen LogP contribution in [0.4, 0.5) is 0 Å². The highest BCUT2D eigenvalue weighted by molar-refractivity contribution is 6.30. The topological polar surface area (TPSA) is 84.2 Å². The third-order valence-electron chi connectivity index (χ3n) is 3.60. The predicted molar refractivity (Wildman–Crippen MR) is 87.1 cm³/mol. The maximum Gasteiger partial charge on any atom is 0.310 e. The molecule has 2 rings (SSSR count). The highest BCUT2D eigenvalue weighted by Crippen LogP contribution is 2.18. The maximum atomic E-state index is 12.3. The van der Waals surface area contributed by atoms with Crippen molar-refractivity contribution in [1.82, 2.24) is 15.1 Å². The molecule has 122 valence electrons. The zero-order valence-electron chi connectivity index (χ0n) is 13.1. The zero-order valence-corrected chi connectivity index (χ0v) is 13.9. The molecule has 1 heterocycles. The van der Waals surface area contributed by atoms with Crippen molar-refractivity contribution in [1.29, 1.82) is 0 Å². The van der Waals surface area contributed by atoms with Gasteiger partial charge in [-0.25, -0.2) is 4.68 Å². The average Bonchev–Trinajstić information content (AvgIpc) is 2.87. The Balaban J connectivity index is 2.17. The van der Waals surface area contributed by atoms with Gasteiger partial charge in [0.2, 0.25) is 0 Å². The highest BCUT2D eigenvalue weighted by atomic mass is 35.5. The lowest BCUT2D eigenvalue weighted by Gasteiger charge is -2.19. The van der Waals surface area contributed by atoms with E-state index in [4.69, 9.17) is 16.7 Å². The molecule has 0 aliphatic heterocycles. The smallest absolute Gasteiger partial charge is 0.310 e. The van der Waals surface area contributed by atoms with E-state index in [0.717, 1.165) is 5.69 Å². The summed E-state index contributed by atoms with van der Waals surface area (Å²) in [5.74, 6) is -1.32. The van der Waals surface area contributed by atoms with Crippen LogP contribution in [0.3, 0.4) is 0 Å². The fourth-order valence-corrected chi connectivity index (χ4v) is 2.07. The van der Waals surface area contributed by atoms with Gasteiger partial charge in [-0.2, -0.15) is 5.10 Å². The lowest BCUT2D eigenvalue weighted by molar-refractivity contribution is -0.146. The van der Waals surface area contributed by atoms with Crippen LogP contribution in [0, 0.1) is 12.3 Å². The molecule has 1 aromatic carbocycles. The predicted octanol–water partition coefficient (Wildman–Crippen LogP) is 2.67. The van der Waals surface area contributed by atoms with Crippen LogP contribution >= 0.6 is 11.6 Å². The Morgan fingerprint density at radius 1 is 1.30 bits per heavy atom. The summed E-state index contributed by atoms with van der Waals surface area (Å²) < 4.78 is 1.63. The number of hydrogen-bond acceptors (Lipinski definition) is 3. The number of carbonyl (C=O) groups is 2. The molecule has 0 spiro atoms. The van der Waals surface area contributed by atoms with E-state index in [0.29, 0.717) is 16.3 Å². The van der Waals surface area contributed by atoms with Gasteiger partial charge in [-0.05, 0) is 45.0 Å². The monoisotopic (exact) mass is 335 g/mol. The summed E-state index contributed by atoms with van der Waals surface area (Å²) in [5.41, 5.74) is 0.825. The number of aromatic nitrogens is 2. The summed E-state index contributed by atoms with van der Waals surface area (Å²) in [5, 5.41) is 16.5. The number of rotatable bonds is 5. The molecule has 6 nitrogen and oxygen atoms in total. The molecule has 23 heavy (non-hydrogen) atoms. The lowest BCUT2D eigenvalue weighted by atomic mass is 9.94. The summed E-state index contributed by atoms with van der Waals surface area (Å²) >= 11 is 5.86. The summed E-state index contributed by atoms with van der Waals surface area (Å²) in [6.07, 6.45) is 1.47. The number of carbonyl (C=O) groups excluding carboxylic acids is 1. The Hall–Kier alpha value is -2.34. The van der Waals surface area contributed by atoms with Gasteiger partial charge in [-0.3, -0.25) is 9.59 Å². The van der Waals surface area contributed by atoms with E-state index in [1.165, 1.54) is 6.20 Å². The van der Waals surface area contributed by atoms with Crippen LogP contribution in [0.2, 0.25) is 5.02 Å². The third kappa shape index (κ3) is 3.71. The van der Waals surface area contributed by atoms with Gasteiger partial charge in [0.05, 0.1) is 28.6 Å². The summed E-state index contributed by atoms with van der Waals surface area (Å²) in [6.45, 7) is 4.92. The van der Waals surface area contributed by atoms with Gasteiger partial charge in [0.15, 0.2) is 0 Å². The molecule has 0 radical (unpaired) electrons. The van der Waals surface area contributed by atoms with E-state index in [2.05, 4.69) is 10.4 Å². The van der Waals surface area contributed by atoms with E-state index < -0.39 is 11.4 Å². The Bertz CT molecular complexity index is 736. The third-order valence-corrected chi connectivity index (χ3v) is 3.85. The molecule has 0 saturated carbocycles. The zero-order chi connectivity index (χ0) is 17.2. The average molecular weight is 336 g/mol. The van der Waals surface area contributed by atoms with Gasteiger partial charge in [-0.1, -0.05) is 11.6 Å². The SMILES string of the molecule is Cc1c(C(=O)NCC(C)(C)C(=O)O)cnn1-c1ccc(Cl)cc1. The molecule has 0 saturated heterocycles. The Morgan fingerprint density at radius 3 is 2.48 bits per heavy atom. The van der Waals surface area contributed by atoms with Crippen LogP contribution in [0.5, 0.6) is 0 Å². The Morgan fingerprint density at radius 2 is 1.91 bits per heavy atom. The van der Waals surface area contributed by atoms with E-state index in [-0.39, 0.29) is 12.5 Å². The van der Waals surface area contributed by atoms with Crippen LogP contribution in [-0.2, 0) is 4.79 Å². The normalized spacial score (nSPS) is 11.3. The Labute approximate surface area is 139 Å². The molecule has 7 heteroatoms. The molecule has 0 unspecified atom stereocenters. The van der Waals surface area contributed by atoms with E-state index in [9.17, 15) is 9.59 Å². The van der Waals surface area contributed by atoms with Crippen LogP contribution in [0.15, 0.2) is 30.5 Å². The lowest BCUT2D eigenvalue weighted by Crippen LogP contribution is -2.39. The van der Waals surface area contributed by atoms with Gasteiger partial charge in [0, 0.05) is 11.6 Å². The first-order valence-corrected chi connectivity index (χ1v) is 7.42. The van der Waals surface area contributed by atoms with Crippen molar-refractivity contribution in [2.24, 2.45) is 5.41 Å². The van der Waals surface area contributed by atoms with E-state index in [1.807, 2.05) is 0 Å². The second kappa shape index (κ2) is 6.42. The minimum Gasteiger partial charge on any atom is -0.481 e. The number of carboxylic acid groups (broad SMARTS) is 1. The molecule has 0 fully saturated rings. The molecular weight excluding hydrogens is 318 g/mol. The van der Waals surface area contributed by atoms with Crippen molar-refractivity contribution in [3.05, 3.63) is 46.7 Å². The molecule has 2 N–H and O–H groups in total. The van der Waals surface area contributed by atoms with Crippen LogP contribution < -0.4 is 5.32 Å². The number of hydrogen-bond donors (Lipinski definition) is 2. The fourth-order valence-electron chi connectivity index (χ4n) is 1.95. The summed E-state index contributed by atoms with van der Waals surface area (Å²) in [6, 6.07) is 7.09. The number of nitrogens with one attached hydrogen (secondary N) is 1. The number of benzene rings is 1. The summed E-state index contributed by atoms with van der Waals surface area (Å²) in [7, 11) is 0. The van der Waals surface area contributed by atoms with Gasteiger partial charge in [0.1, 0.15) is 0 Å². The van der Waals surface area contributed by atoms with Crippen molar-refractivity contribution in [3.8, 4) is 5.69 Å². The fraction of sp³-hybridized carbons (Fsp3) is 0.312. The number of aliphatic carboxylic acids is 1. The van der Waals surface area contributed by atoms with Crippen molar-refractivity contribution in [2.75, 3.05) is 6.54 Å². The minimum atomic E-state index is -1.03. The second-order valence-electron chi connectivity index (χ2n) is 5.90. The first-order chi connectivity index (χ1) is 10.7. The molecule has 0 aliphatic rings. The van der Waals surface area contributed by atoms with Crippen LogP contribution in [-0.4, -0.2) is 33.3 Å². The number of halogens is 1. The highest BCUT2D eigenvalue weighted by Gasteiger charge is 2.28. The van der Waals surface area contributed by atoms with Crippen molar-refractivity contribution < 1.29 is 14.7 Å². The van der Waals surface area contributed by atoms with Gasteiger partial charge in [-0.15, -0.1) is 0 Å². The van der Waals surface area contributed by atoms with E-state index in [1.54, 1.807) is 49.7 Å². The second-order valence-corrected chi connectivity index (χ2v) is 6.34. The van der Waals surface area contributed by atoms with Crippen LogP contribution in [0.25, 0.3) is 5.69 Å². The number of carboxylic acids is 1. The molecule has 2 aromatic rings. The van der Waals surface area contributed by atoms with Crippen molar-refractivity contribution in [2.45, 2.75) is 20.8 Å². The molecule has 0 aliphatic carbocycles. The van der Waals surface area contributed by atoms with Crippen LogP contribution in [0.1, 0.15) is 29.9 Å². The molecule has 1 amide bonds. The summed E-state index contributed by atoms with van der Waals surface area (Å²) in [4.78, 5) is 23.3. The number of nitrogens with zero attached hydrogens (tertiary/aromatic N) is 2. The van der Waals surface area contributed by atoms with Gasteiger partial charge >= 0.3 is 5.97 Å².